The molecular weight excluding hydrogens is 454 g/mol. The fraction of sp³-hybridized carbons (Fsp3) is 0.296. The second kappa shape index (κ2) is 10.9. The summed E-state index contributed by atoms with van der Waals surface area (Å²) in [6, 6.07) is 21.6. The van der Waals surface area contributed by atoms with Gasteiger partial charge >= 0.3 is 0 Å². The third-order valence-corrected chi connectivity index (χ3v) is 6.26. The second-order valence-electron chi connectivity index (χ2n) is 8.62. The van der Waals surface area contributed by atoms with Crippen molar-refractivity contribution in [3.05, 3.63) is 78.4 Å². The van der Waals surface area contributed by atoms with E-state index in [0.29, 0.717) is 48.0 Å². The molecule has 2 aromatic heterocycles. The van der Waals surface area contributed by atoms with E-state index >= 15 is 0 Å². The highest BCUT2D eigenvalue weighted by molar-refractivity contribution is 5.76. The van der Waals surface area contributed by atoms with Crippen molar-refractivity contribution in [3.63, 3.8) is 0 Å². The summed E-state index contributed by atoms with van der Waals surface area (Å²) in [5, 5.41) is 12.9. The van der Waals surface area contributed by atoms with Gasteiger partial charge in [-0.05, 0) is 36.8 Å². The van der Waals surface area contributed by atoms with Gasteiger partial charge in [-0.3, -0.25) is 4.79 Å². The Hall–Kier alpha value is -4.45. The number of aromatic nitrogens is 3. The Morgan fingerprint density at radius 3 is 2.58 bits per heavy atom. The van der Waals surface area contributed by atoms with Crippen molar-refractivity contribution in [1.29, 1.82) is 5.26 Å². The van der Waals surface area contributed by atoms with Gasteiger partial charge < -0.3 is 19.5 Å². The Balaban J connectivity index is 1.11. The van der Waals surface area contributed by atoms with Gasteiger partial charge in [0.1, 0.15) is 5.52 Å². The molecule has 0 saturated carbocycles. The van der Waals surface area contributed by atoms with Gasteiger partial charge in [0.2, 0.25) is 17.7 Å². The summed E-state index contributed by atoms with van der Waals surface area (Å²) in [6.07, 6.45) is 2.73. The first-order valence-corrected chi connectivity index (χ1v) is 12.1. The number of nitrogens with one attached hydrogen (secondary N) is 1. The lowest BCUT2D eigenvalue weighted by Gasteiger charge is -2.36. The number of hydrogen-bond acceptors (Lipinski definition) is 8. The molecule has 1 saturated heterocycles. The summed E-state index contributed by atoms with van der Waals surface area (Å²) in [7, 11) is 0. The number of para-hydroxylation sites is 3. The Morgan fingerprint density at radius 2 is 1.81 bits per heavy atom. The van der Waals surface area contributed by atoms with Crippen LogP contribution in [0.5, 0.6) is 0 Å². The summed E-state index contributed by atoms with van der Waals surface area (Å²) in [6.45, 7) is 3.71. The number of anilines is 2. The summed E-state index contributed by atoms with van der Waals surface area (Å²) in [4.78, 5) is 30.1. The highest BCUT2D eigenvalue weighted by atomic mass is 16.3. The molecular formula is C27H27N7O2. The Kier molecular flexibility index (Phi) is 7.03. The van der Waals surface area contributed by atoms with Gasteiger partial charge in [0.15, 0.2) is 11.5 Å². The summed E-state index contributed by atoms with van der Waals surface area (Å²) in [5.41, 5.74) is 3.04. The number of benzene rings is 2. The van der Waals surface area contributed by atoms with Gasteiger partial charge in [-0.15, -0.1) is 0 Å². The molecule has 2 aromatic carbocycles. The minimum Gasteiger partial charge on any atom is -0.439 e. The second-order valence-corrected chi connectivity index (χ2v) is 8.62. The van der Waals surface area contributed by atoms with Crippen LogP contribution in [0.4, 0.5) is 11.6 Å². The van der Waals surface area contributed by atoms with Crippen LogP contribution in [0.25, 0.3) is 11.1 Å². The Bertz CT molecular complexity index is 1320. The third kappa shape index (κ3) is 5.28. The van der Waals surface area contributed by atoms with Gasteiger partial charge in [-0.1, -0.05) is 30.3 Å². The first-order valence-electron chi connectivity index (χ1n) is 12.1. The number of hydrogen-bond donors (Lipinski definition) is 1. The van der Waals surface area contributed by atoms with Crippen molar-refractivity contribution < 1.29 is 9.21 Å². The minimum atomic E-state index is -0.739. The maximum Gasteiger partial charge on any atom is 0.222 e. The summed E-state index contributed by atoms with van der Waals surface area (Å²) < 4.78 is 5.77. The number of oxazole rings is 1. The average molecular weight is 482 g/mol. The molecule has 36 heavy (non-hydrogen) atoms. The third-order valence-electron chi connectivity index (χ3n) is 6.26. The first kappa shape index (κ1) is 23.3. The Labute approximate surface area is 209 Å². The number of amides is 1. The quantitative estimate of drug-likeness (QED) is 0.378. The molecule has 1 N–H and O–H groups in total. The molecule has 182 valence electrons. The maximum atomic E-state index is 12.7. The molecule has 1 amide bonds. The lowest BCUT2D eigenvalue weighted by molar-refractivity contribution is -0.131. The molecule has 9 nitrogen and oxygen atoms in total. The molecule has 4 aromatic rings. The van der Waals surface area contributed by atoms with Crippen LogP contribution in [0.1, 0.15) is 30.3 Å². The van der Waals surface area contributed by atoms with Gasteiger partial charge in [0, 0.05) is 51.0 Å². The van der Waals surface area contributed by atoms with Crippen molar-refractivity contribution in [2.45, 2.75) is 18.8 Å². The summed E-state index contributed by atoms with van der Waals surface area (Å²) >= 11 is 0. The topological polar surface area (TPSA) is 111 Å². The number of nitriles is 1. The van der Waals surface area contributed by atoms with Crippen LogP contribution < -0.4 is 10.2 Å². The molecule has 9 heteroatoms. The normalized spacial score (nSPS) is 14.4. The van der Waals surface area contributed by atoms with E-state index < -0.39 is 5.92 Å². The van der Waals surface area contributed by atoms with Crippen molar-refractivity contribution >= 4 is 28.6 Å². The lowest BCUT2D eigenvalue weighted by atomic mass is 10.1. The van der Waals surface area contributed by atoms with E-state index in [1.807, 2.05) is 47.4 Å². The fourth-order valence-electron chi connectivity index (χ4n) is 4.33. The zero-order valence-corrected chi connectivity index (χ0v) is 19.9. The Morgan fingerprint density at radius 1 is 1.03 bits per heavy atom. The smallest absolute Gasteiger partial charge is 0.222 e. The van der Waals surface area contributed by atoms with Crippen molar-refractivity contribution in [1.82, 2.24) is 19.9 Å². The van der Waals surface area contributed by atoms with Crippen LogP contribution in [0.2, 0.25) is 0 Å². The molecule has 1 aliphatic rings. The van der Waals surface area contributed by atoms with Crippen LogP contribution in [-0.2, 0) is 4.79 Å². The molecule has 1 atom stereocenters. The van der Waals surface area contributed by atoms with Gasteiger partial charge in [-0.25, -0.2) is 15.0 Å². The number of carbonyl (C=O) groups is 1. The average Bonchev–Trinajstić information content (AvgIpc) is 3.36. The predicted molar refractivity (Wildman–Crippen MR) is 136 cm³/mol. The van der Waals surface area contributed by atoms with E-state index in [1.54, 1.807) is 12.3 Å². The number of piperazine rings is 1. The van der Waals surface area contributed by atoms with Crippen LogP contribution in [0, 0.1) is 11.3 Å². The fourth-order valence-corrected chi connectivity index (χ4v) is 4.33. The van der Waals surface area contributed by atoms with E-state index in [1.165, 1.54) is 5.69 Å². The molecule has 0 aliphatic carbocycles. The number of rotatable bonds is 8. The van der Waals surface area contributed by atoms with Crippen molar-refractivity contribution in [3.8, 4) is 6.07 Å². The zero-order valence-electron chi connectivity index (χ0n) is 19.9. The van der Waals surface area contributed by atoms with E-state index in [4.69, 9.17) is 4.42 Å². The van der Waals surface area contributed by atoms with Crippen molar-refractivity contribution in [2.75, 3.05) is 42.9 Å². The molecule has 1 fully saturated rings. The molecule has 0 radical (unpaired) electrons. The monoisotopic (exact) mass is 481 g/mol. The highest BCUT2D eigenvalue weighted by Crippen LogP contribution is 2.26. The van der Waals surface area contributed by atoms with Gasteiger partial charge in [0.25, 0.3) is 0 Å². The maximum absolute atomic E-state index is 12.7. The number of fused-ring (bicyclic) bond motifs is 1. The predicted octanol–water partition coefficient (Wildman–Crippen LogP) is 3.81. The first-order chi connectivity index (χ1) is 17.7. The number of nitrogens with zero attached hydrogens (tertiary/aromatic N) is 6. The van der Waals surface area contributed by atoms with Crippen molar-refractivity contribution in [2.24, 2.45) is 0 Å². The minimum absolute atomic E-state index is 0.166. The van der Waals surface area contributed by atoms with Gasteiger partial charge in [0.05, 0.1) is 11.8 Å². The van der Waals surface area contributed by atoms with Gasteiger partial charge in [-0.2, -0.15) is 5.26 Å². The molecule has 1 unspecified atom stereocenters. The highest BCUT2D eigenvalue weighted by Gasteiger charge is 2.23. The van der Waals surface area contributed by atoms with Crippen LogP contribution in [0.3, 0.4) is 0 Å². The SMILES string of the molecule is N#CC(c1ccnc(NCCCC(=O)N2CCN(c3ccccc3)CC2)n1)c1nc2ccccc2o1. The van der Waals surface area contributed by atoms with E-state index in [2.05, 4.69) is 43.4 Å². The molecule has 5 rings (SSSR count). The lowest BCUT2D eigenvalue weighted by Crippen LogP contribution is -2.48. The molecule has 1 aliphatic heterocycles. The van der Waals surface area contributed by atoms with E-state index in [-0.39, 0.29) is 5.91 Å². The van der Waals surface area contributed by atoms with E-state index in [0.717, 1.165) is 26.2 Å². The molecule has 0 spiro atoms. The van der Waals surface area contributed by atoms with Crippen LogP contribution >= 0.6 is 0 Å². The number of carbonyl (C=O) groups excluding carboxylic acids is 1. The van der Waals surface area contributed by atoms with E-state index in [9.17, 15) is 10.1 Å². The molecule has 3 heterocycles. The summed E-state index contributed by atoms with van der Waals surface area (Å²) in [5.74, 6) is 0.144. The molecule has 0 bridgehead atoms. The van der Waals surface area contributed by atoms with Crippen LogP contribution in [0.15, 0.2) is 71.3 Å². The largest absolute Gasteiger partial charge is 0.439 e. The van der Waals surface area contributed by atoms with Crippen LogP contribution in [-0.4, -0.2) is 58.5 Å². The standard InChI is InChI=1S/C27H27N7O2/c28-19-21(26-31-23-9-4-5-10-24(23)36-26)22-12-14-30-27(32-22)29-13-6-11-25(35)34-17-15-33(16-18-34)20-7-2-1-3-8-20/h1-5,7-10,12,14,21H,6,11,13,15-18H2,(H,29,30,32). The zero-order chi connectivity index (χ0) is 24.7.